The SMILES string of the molecule is CC(NC1CCCSC1C)c1nnc2n1CCC2. The van der Waals surface area contributed by atoms with Gasteiger partial charge in [0.05, 0.1) is 6.04 Å². The van der Waals surface area contributed by atoms with Gasteiger partial charge in [-0.25, -0.2) is 0 Å². The second kappa shape index (κ2) is 5.21. The minimum atomic E-state index is 0.315. The standard InChI is InChI=1S/C13H22N4S/c1-9(14-11-5-4-8-18-10(11)2)13-16-15-12-6-3-7-17(12)13/h9-11,14H,3-8H2,1-2H3. The Labute approximate surface area is 113 Å². The molecule has 1 fully saturated rings. The van der Waals surface area contributed by atoms with Crippen LogP contribution in [0.25, 0.3) is 0 Å². The van der Waals surface area contributed by atoms with E-state index in [9.17, 15) is 0 Å². The summed E-state index contributed by atoms with van der Waals surface area (Å²) in [4.78, 5) is 0. The predicted octanol–water partition coefficient (Wildman–Crippen LogP) is 2.16. The summed E-state index contributed by atoms with van der Waals surface area (Å²) < 4.78 is 2.30. The minimum absolute atomic E-state index is 0.315. The normalized spacial score (nSPS) is 29.2. The zero-order valence-corrected chi connectivity index (χ0v) is 12.0. The molecule has 100 valence electrons. The molecule has 0 spiro atoms. The van der Waals surface area contributed by atoms with Gasteiger partial charge >= 0.3 is 0 Å². The van der Waals surface area contributed by atoms with Gasteiger partial charge in [-0.05, 0) is 31.9 Å². The largest absolute Gasteiger partial charge is 0.314 e. The van der Waals surface area contributed by atoms with E-state index in [1.54, 1.807) is 0 Å². The Morgan fingerprint density at radius 1 is 1.39 bits per heavy atom. The number of aryl methyl sites for hydroxylation is 1. The van der Waals surface area contributed by atoms with Crippen LogP contribution in [-0.2, 0) is 13.0 Å². The van der Waals surface area contributed by atoms with Crippen LogP contribution in [0.3, 0.4) is 0 Å². The van der Waals surface area contributed by atoms with Crippen molar-refractivity contribution in [3.05, 3.63) is 11.6 Å². The van der Waals surface area contributed by atoms with Crippen LogP contribution in [-0.4, -0.2) is 31.8 Å². The highest BCUT2D eigenvalue weighted by Crippen LogP contribution is 2.27. The average Bonchev–Trinajstić information content (AvgIpc) is 2.93. The van der Waals surface area contributed by atoms with Crippen LogP contribution in [0.5, 0.6) is 0 Å². The number of rotatable bonds is 3. The summed E-state index contributed by atoms with van der Waals surface area (Å²) in [5, 5.41) is 13.1. The number of hydrogen-bond donors (Lipinski definition) is 1. The lowest BCUT2D eigenvalue weighted by Gasteiger charge is -2.31. The van der Waals surface area contributed by atoms with E-state index in [4.69, 9.17) is 0 Å². The number of fused-ring (bicyclic) bond motifs is 1. The number of nitrogens with zero attached hydrogens (tertiary/aromatic N) is 3. The first-order valence-corrected chi connectivity index (χ1v) is 8.10. The molecule has 1 saturated heterocycles. The predicted molar refractivity (Wildman–Crippen MR) is 74.8 cm³/mol. The first-order chi connectivity index (χ1) is 8.75. The molecule has 0 radical (unpaired) electrons. The third kappa shape index (κ3) is 2.30. The van der Waals surface area contributed by atoms with Gasteiger partial charge in [-0.2, -0.15) is 11.8 Å². The molecule has 3 rings (SSSR count). The van der Waals surface area contributed by atoms with Gasteiger partial charge in [-0.1, -0.05) is 6.92 Å². The van der Waals surface area contributed by atoms with Crippen LogP contribution in [0, 0.1) is 0 Å². The highest BCUT2D eigenvalue weighted by molar-refractivity contribution is 7.99. The second-order valence-corrected chi connectivity index (χ2v) is 6.93. The molecule has 18 heavy (non-hydrogen) atoms. The van der Waals surface area contributed by atoms with Crippen molar-refractivity contribution in [1.82, 2.24) is 20.1 Å². The highest BCUT2D eigenvalue weighted by atomic mass is 32.2. The average molecular weight is 266 g/mol. The minimum Gasteiger partial charge on any atom is -0.314 e. The first kappa shape index (κ1) is 12.5. The molecule has 1 aromatic rings. The maximum Gasteiger partial charge on any atom is 0.149 e. The summed E-state index contributed by atoms with van der Waals surface area (Å²) in [7, 11) is 0. The number of thioether (sulfide) groups is 1. The fourth-order valence-electron chi connectivity index (χ4n) is 3.03. The van der Waals surface area contributed by atoms with Gasteiger partial charge in [-0.3, -0.25) is 0 Å². The van der Waals surface area contributed by atoms with E-state index in [1.165, 1.54) is 30.8 Å². The van der Waals surface area contributed by atoms with E-state index in [1.807, 2.05) is 0 Å². The van der Waals surface area contributed by atoms with E-state index in [2.05, 4.69) is 45.7 Å². The van der Waals surface area contributed by atoms with E-state index in [0.29, 0.717) is 17.3 Å². The Bertz CT molecular complexity index is 417. The molecule has 1 aromatic heterocycles. The summed E-state index contributed by atoms with van der Waals surface area (Å²) in [5.41, 5.74) is 0. The van der Waals surface area contributed by atoms with Gasteiger partial charge in [0.15, 0.2) is 0 Å². The number of nitrogens with one attached hydrogen (secondary N) is 1. The molecule has 5 heteroatoms. The summed E-state index contributed by atoms with van der Waals surface area (Å²) in [6, 6.07) is 0.934. The van der Waals surface area contributed by atoms with Gasteiger partial charge in [0.2, 0.25) is 0 Å². The third-order valence-electron chi connectivity index (χ3n) is 4.10. The lowest BCUT2D eigenvalue weighted by atomic mass is 10.1. The summed E-state index contributed by atoms with van der Waals surface area (Å²) in [5.74, 6) is 3.61. The van der Waals surface area contributed by atoms with Gasteiger partial charge < -0.3 is 9.88 Å². The topological polar surface area (TPSA) is 42.7 Å². The van der Waals surface area contributed by atoms with Crippen molar-refractivity contribution in [2.75, 3.05) is 5.75 Å². The molecule has 2 aliphatic heterocycles. The highest BCUT2D eigenvalue weighted by Gasteiger charge is 2.26. The maximum absolute atomic E-state index is 4.37. The summed E-state index contributed by atoms with van der Waals surface area (Å²) in [6.45, 7) is 5.66. The molecule has 0 bridgehead atoms. The Hall–Kier alpha value is -0.550. The molecule has 0 aliphatic carbocycles. The lowest BCUT2D eigenvalue weighted by molar-refractivity contribution is 0.399. The number of hydrogen-bond acceptors (Lipinski definition) is 4. The molecule has 0 amide bonds. The molecule has 2 aliphatic rings. The van der Waals surface area contributed by atoms with Crippen molar-refractivity contribution in [2.45, 2.75) is 63.4 Å². The van der Waals surface area contributed by atoms with E-state index >= 15 is 0 Å². The van der Waals surface area contributed by atoms with E-state index < -0.39 is 0 Å². The molecule has 0 aromatic carbocycles. The van der Waals surface area contributed by atoms with Crippen molar-refractivity contribution in [3.8, 4) is 0 Å². The smallest absolute Gasteiger partial charge is 0.149 e. The van der Waals surface area contributed by atoms with Crippen molar-refractivity contribution in [2.24, 2.45) is 0 Å². The zero-order chi connectivity index (χ0) is 12.5. The van der Waals surface area contributed by atoms with Crippen LogP contribution in [0.15, 0.2) is 0 Å². The zero-order valence-electron chi connectivity index (χ0n) is 11.2. The first-order valence-electron chi connectivity index (χ1n) is 7.05. The van der Waals surface area contributed by atoms with E-state index in [-0.39, 0.29) is 0 Å². The van der Waals surface area contributed by atoms with Crippen molar-refractivity contribution in [1.29, 1.82) is 0 Å². The van der Waals surface area contributed by atoms with Crippen molar-refractivity contribution < 1.29 is 0 Å². The van der Waals surface area contributed by atoms with Crippen LogP contribution in [0.2, 0.25) is 0 Å². The molecular weight excluding hydrogens is 244 g/mol. The van der Waals surface area contributed by atoms with Gasteiger partial charge in [0, 0.05) is 24.3 Å². The third-order valence-corrected chi connectivity index (χ3v) is 5.48. The summed E-state index contributed by atoms with van der Waals surface area (Å²) in [6.07, 6.45) is 4.94. The van der Waals surface area contributed by atoms with Crippen molar-refractivity contribution >= 4 is 11.8 Å². The number of aromatic nitrogens is 3. The molecule has 1 N–H and O–H groups in total. The molecular formula is C13H22N4S. The second-order valence-electron chi connectivity index (χ2n) is 5.44. The van der Waals surface area contributed by atoms with Gasteiger partial charge in [0.1, 0.15) is 11.6 Å². The Kier molecular flexibility index (Phi) is 3.61. The lowest BCUT2D eigenvalue weighted by Crippen LogP contribution is -2.41. The molecule has 0 saturated carbocycles. The van der Waals surface area contributed by atoms with Crippen LogP contribution < -0.4 is 5.32 Å². The Morgan fingerprint density at radius 2 is 2.28 bits per heavy atom. The Morgan fingerprint density at radius 3 is 3.11 bits per heavy atom. The fraction of sp³-hybridized carbons (Fsp3) is 0.846. The van der Waals surface area contributed by atoms with Crippen LogP contribution >= 0.6 is 11.8 Å². The molecule has 3 unspecified atom stereocenters. The quantitative estimate of drug-likeness (QED) is 0.910. The summed E-state index contributed by atoms with van der Waals surface area (Å²) >= 11 is 2.09. The van der Waals surface area contributed by atoms with Crippen LogP contribution in [0.1, 0.15) is 50.8 Å². The van der Waals surface area contributed by atoms with Gasteiger partial charge in [-0.15, -0.1) is 10.2 Å². The van der Waals surface area contributed by atoms with Crippen LogP contribution in [0.4, 0.5) is 0 Å². The monoisotopic (exact) mass is 266 g/mol. The maximum atomic E-state index is 4.37. The molecule has 4 nitrogen and oxygen atoms in total. The fourth-order valence-corrected chi connectivity index (χ4v) is 4.18. The van der Waals surface area contributed by atoms with Crippen molar-refractivity contribution in [3.63, 3.8) is 0 Å². The Balaban J connectivity index is 1.68. The molecule has 3 atom stereocenters. The van der Waals surface area contributed by atoms with Gasteiger partial charge in [0.25, 0.3) is 0 Å². The van der Waals surface area contributed by atoms with E-state index in [0.717, 1.165) is 18.8 Å². The molecule has 3 heterocycles.